The molecule has 0 bridgehead atoms. The lowest BCUT2D eigenvalue weighted by Crippen LogP contribution is -2.47. The van der Waals surface area contributed by atoms with Crippen LogP contribution in [0.4, 0.5) is 10.7 Å². The molecule has 178 valence electrons. The summed E-state index contributed by atoms with van der Waals surface area (Å²) in [5.74, 6) is 0.957. The molecule has 33 heavy (non-hydrogen) atoms. The minimum atomic E-state index is -0.285. The van der Waals surface area contributed by atoms with Gasteiger partial charge in [-0.1, -0.05) is 29.4 Å². The summed E-state index contributed by atoms with van der Waals surface area (Å²) in [5, 5.41) is 13.2. The zero-order chi connectivity index (χ0) is 23.2. The van der Waals surface area contributed by atoms with Gasteiger partial charge in [0.25, 0.3) is 0 Å². The van der Waals surface area contributed by atoms with Crippen molar-refractivity contribution in [2.45, 2.75) is 43.8 Å². The molecule has 0 atom stereocenters. The van der Waals surface area contributed by atoms with E-state index in [2.05, 4.69) is 20.4 Å². The van der Waals surface area contributed by atoms with Gasteiger partial charge in [0.05, 0.1) is 18.0 Å². The summed E-state index contributed by atoms with van der Waals surface area (Å²) in [5.41, 5.74) is 0.878. The number of aromatic nitrogens is 3. The van der Waals surface area contributed by atoms with E-state index in [1.54, 1.807) is 11.8 Å². The quantitative estimate of drug-likeness (QED) is 0.592. The van der Waals surface area contributed by atoms with E-state index in [4.69, 9.17) is 16.3 Å². The van der Waals surface area contributed by atoms with E-state index in [1.165, 1.54) is 11.8 Å². The van der Waals surface area contributed by atoms with Crippen molar-refractivity contribution in [2.24, 2.45) is 0 Å². The molecule has 0 unspecified atom stereocenters. The molecule has 2 aromatic rings. The molecule has 2 aliphatic heterocycles. The summed E-state index contributed by atoms with van der Waals surface area (Å²) in [6.07, 6.45) is 3.40. The Kier molecular flexibility index (Phi) is 7.97. The molecule has 0 radical (unpaired) electrons. The number of anilines is 1. The van der Waals surface area contributed by atoms with Gasteiger partial charge in [0.15, 0.2) is 5.16 Å². The summed E-state index contributed by atoms with van der Waals surface area (Å²) < 4.78 is 7.03. The number of halogens is 1. The van der Waals surface area contributed by atoms with Gasteiger partial charge >= 0.3 is 6.09 Å². The topological polar surface area (TPSA) is 92.6 Å². The molecule has 0 aliphatic carbocycles. The predicted molar refractivity (Wildman–Crippen MR) is 128 cm³/mol. The highest BCUT2D eigenvalue weighted by molar-refractivity contribution is 7.99. The number of ether oxygens (including phenoxy) is 1. The van der Waals surface area contributed by atoms with Crippen LogP contribution in [0.25, 0.3) is 5.69 Å². The zero-order valence-electron chi connectivity index (χ0n) is 18.7. The molecule has 3 heterocycles. The van der Waals surface area contributed by atoms with Crippen molar-refractivity contribution >= 4 is 41.3 Å². The molecule has 2 amide bonds. The van der Waals surface area contributed by atoms with Crippen LogP contribution >= 0.6 is 23.4 Å². The summed E-state index contributed by atoms with van der Waals surface area (Å²) >= 11 is 7.60. The highest BCUT2D eigenvalue weighted by Gasteiger charge is 2.26. The lowest BCUT2D eigenvalue weighted by atomic mass is 10.1. The van der Waals surface area contributed by atoms with E-state index in [-0.39, 0.29) is 23.8 Å². The van der Waals surface area contributed by atoms with E-state index in [9.17, 15) is 9.59 Å². The van der Waals surface area contributed by atoms with Crippen LogP contribution in [-0.2, 0) is 9.53 Å². The van der Waals surface area contributed by atoms with Crippen molar-refractivity contribution in [3.63, 3.8) is 0 Å². The monoisotopic (exact) mass is 492 g/mol. The van der Waals surface area contributed by atoms with Crippen LogP contribution in [0.5, 0.6) is 0 Å². The van der Waals surface area contributed by atoms with Crippen molar-refractivity contribution in [2.75, 3.05) is 43.4 Å². The Hall–Kier alpha value is -2.46. The van der Waals surface area contributed by atoms with Crippen molar-refractivity contribution < 1.29 is 14.3 Å². The number of hydrogen-bond donors (Lipinski definition) is 1. The maximum atomic E-state index is 12.6. The molecule has 2 saturated heterocycles. The molecule has 1 aromatic carbocycles. The minimum absolute atomic E-state index is 0.0507. The Balaban J connectivity index is 1.37. The van der Waals surface area contributed by atoms with E-state index in [1.807, 2.05) is 28.8 Å². The molecule has 9 nitrogen and oxygen atoms in total. The van der Waals surface area contributed by atoms with Crippen molar-refractivity contribution in [3.8, 4) is 5.69 Å². The van der Waals surface area contributed by atoms with Gasteiger partial charge in [0.1, 0.15) is 0 Å². The Morgan fingerprint density at radius 3 is 2.64 bits per heavy atom. The van der Waals surface area contributed by atoms with E-state index < -0.39 is 0 Å². The average molecular weight is 493 g/mol. The van der Waals surface area contributed by atoms with Gasteiger partial charge in [-0.05, 0) is 50.8 Å². The van der Waals surface area contributed by atoms with Gasteiger partial charge in [-0.25, -0.2) is 4.79 Å². The number of amides is 2. The van der Waals surface area contributed by atoms with Crippen LogP contribution in [0.2, 0.25) is 5.02 Å². The summed E-state index contributed by atoms with van der Waals surface area (Å²) in [7, 11) is 0. The predicted octanol–water partition coefficient (Wildman–Crippen LogP) is 3.35. The number of nitrogens with one attached hydrogen (secondary N) is 1. The normalized spacial score (nSPS) is 16.8. The van der Waals surface area contributed by atoms with Crippen LogP contribution < -0.4 is 10.2 Å². The second-order valence-electron chi connectivity index (χ2n) is 8.11. The van der Waals surface area contributed by atoms with E-state index in [0.29, 0.717) is 42.7 Å². The number of likely N-dealkylation sites (tertiary alicyclic amines) is 1. The number of benzene rings is 1. The first-order valence-corrected chi connectivity index (χ1v) is 12.7. The number of carbonyl (C=O) groups is 2. The average Bonchev–Trinajstić information content (AvgIpc) is 3.48. The molecule has 4 rings (SSSR count). The largest absolute Gasteiger partial charge is 0.450 e. The maximum absolute atomic E-state index is 12.6. The molecular weight excluding hydrogens is 464 g/mol. The Labute approximate surface area is 202 Å². The number of piperidine rings is 1. The number of nitrogens with zero attached hydrogens (tertiary/aromatic N) is 5. The third-order valence-electron chi connectivity index (χ3n) is 5.79. The summed E-state index contributed by atoms with van der Waals surface area (Å²) in [6, 6.07) is 7.63. The number of hydrogen-bond acceptors (Lipinski definition) is 7. The molecule has 2 aliphatic rings. The third kappa shape index (κ3) is 5.92. The number of rotatable bonds is 7. The second kappa shape index (κ2) is 11.1. The highest BCUT2D eigenvalue weighted by atomic mass is 35.5. The first kappa shape index (κ1) is 23.7. The summed E-state index contributed by atoms with van der Waals surface area (Å²) in [4.78, 5) is 28.4. The number of thioether (sulfide) groups is 1. The highest BCUT2D eigenvalue weighted by Crippen LogP contribution is 2.29. The summed E-state index contributed by atoms with van der Waals surface area (Å²) in [6.45, 7) is 5.21. The first-order valence-electron chi connectivity index (χ1n) is 11.4. The van der Waals surface area contributed by atoms with E-state index >= 15 is 0 Å². The van der Waals surface area contributed by atoms with Gasteiger partial charge in [-0.2, -0.15) is 0 Å². The van der Waals surface area contributed by atoms with Gasteiger partial charge in [0, 0.05) is 37.2 Å². The van der Waals surface area contributed by atoms with Gasteiger partial charge in [0.2, 0.25) is 11.9 Å². The second-order valence-corrected chi connectivity index (χ2v) is 9.49. The Morgan fingerprint density at radius 2 is 1.94 bits per heavy atom. The van der Waals surface area contributed by atoms with Crippen LogP contribution in [0.15, 0.2) is 29.4 Å². The lowest BCUT2D eigenvalue weighted by Gasteiger charge is -2.31. The fourth-order valence-corrected chi connectivity index (χ4v) is 5.08. The fourth-order valence-electron chi connectivity index (χ4n) is 4.14. The van der Waals surface area contributed by atoms with Crippen LogP contribution in [-0.4, -0.2) is 76.2 Å². The zero-order valence-corrected chi connectivity index (χ0v) is 20.3. The molecule has 11 heteroatoms. The lowest BCUT2D eigenvalue weighted by molar-refractivity contribution is -0.119. The van der Waals surface area contributed by atoms with Crippen molar-refractivity contribution in [3.05, 3.63) is 29.3 Å². The van der Waals surface area contributed by atoms with Crippen LogP contribution in [0.1, 0.15) is 32.6 Å². The maximum Gasteiger partial charge on any atom is 0.409 e. The first-order chi connectivity index (χ1) is 16.0. The van der Waals surface area contributed by atoms with Gasteiger partial charge < -0.3 is 19.9 Å². The minimum Gasteiger partial charge on any atom is -0.450 e. The van der Waals surface area contributed by atoms with Crippen LogP contribution in [0.3, 0.4) is 0 Å². The molecule has 0 spiro atoms. The molecular formula is C22H29ClN6O3S. The Morgan fingerprint density at radius 1 is 1.18 bits per heavy atom. The number of carbonyl (C=O) groups excluding carboxylic acids is 2. The smallest absolute Gasteiger partial charge is 0.409 e. The Bertz CT molecular complexity index is 973. The van der Waals surface area contributed by atoms with E-state index in [0.717, 1.165) is 37.6 Å². The van der Waals surface area contributed by atoms with Crippen molar-refractivity contribution in [1.82, 2.24) is 25.0 Å². The molecule has 1 aromatic heterocycles. The standard InChI is InChI=1S/C22H29ClN6O3S/c1-2-32-22(31)28-12-8-17(9-13-28)24-19(30)15-33-21-26-25-20(27-10-3-4-11-27)29(21)18-7-5-6-16(23)14-18/h5-7,14,17H,2-4,8-13,15H2,1H3,(H,24,30). The van der Waals surface area contributed by atoms with Crippen LogP contribution in [0, 0.1) is 0 Å². The molecule has 1 N–H and O–H groups in total. The van der Waals surface area contributed by atoms with Gasteiger partial charge in [-0.3, -0.25) is 9.36 Å². The fraction of sp³-hybridized carbons (Fsp3) is 0.545. The molecule has 0 saturated carbocycles. The third-order valence-corrected chi connectivity index (χ3v) is 6.95. The SMILES string of the molecule is CCOC(=O)N1CCC(NC(=O)CSc2nnc(N3CCCC3)n2-c2cccc(Cl)c2)CC1. The van der Waals surface area contributed by atoms with Gasteiger partial charge in [-0.15, -0.1) is 10.2 Å². The van der Waals surface area contributed by atoms with Crippen molar-refractivity contribution in [1.29, 1.82) is 0 Å². The molecule has 2 fully saturated rings.